The van der Waals surface area contributed by atoms with Gasteiger partial charge in [-0.15, -0.1) is 10.1 Å². The molecule has 2 amide bonds. The molecular formula is C14H15NO5. The first-order chi connectivity index (χ1) is 9.50. The molecule has 1 aromatic carbocycles. The van der Waals surface area contributed by atoms with Gasteiger partial charge in [-0.1, -0.05) is 12.1 Å². The van der Waals surface area contributed by atoms with Crippen molar-refractivity contribution in [2.45, 2.75) is 32.8 Å². The van der Waals surface area contributed by atoms with Gasteiger partial charge in [0.05, 0.1) is 17.2 Å². The molecule has 0 spiro atoms. The maximum Gasteiger partial charge on any atom is 0.288 e. The number of nitrogens with zero attached hydrogens (tertiary/aromatic N) is 1. The number of Topliss-reactive ketones (excluding diaryl/α,β-unsaturated/α-hetero) is 1. The van der Waals surface area contributed by atoms with Crippen molar-refractivity contribution in [2.75, 3.05) is 0 Å². The van der Waals surface area contributed by atoms with Crippen LogP contribution in [0.3, 0.4) is 0 Å². The number of amides is 2. The van der Waals surface area contributed by atoms with E-state index in [0.29, 0.717) is 17.9 Å². The third kappa shape index (κ3) is 2.92. The molecule has 1 unspecified atom stereocenters. The molecule has 1 aliphatic rings. The van der Waals surface area contributed by atoms with Crippen LogP contribution in [0.2, 0.25) is 0 Å². The lowest BCUT2D eigenvalue weighted by Crippen LogP contribution is -2.31. The number of ketones is 1. The Hall–Kier alpha value is -2.05. The van der Waals surface area contributed by atoms with Gasteiger partial charge in [0.15, 0.2) is 0 Å². The molecule has 106 valence electrons. The van der Waals surface area contributed by atoms with E-state index in [4.69, 9.17) is 9.88 Å². The highest BCUT2D eigenvalue weighted by atomic mass is 17.3. The summed E-state index contributed by atoms with van der Waals surface area (Å²) >= 11 is 0. The molecular weight excluding hydrogens is 262 g/mol. The summed E-state index contributed by atoms with van der Waals surface area (Å²) in [4.78, 5) is 44.5. The Morgan fingerprint density at radius 2 is 1.75 bits per heavy atom. The Kier molecular flexibility index (Phi) is 4.26. The van der Waals surface area contributed by atoms with Gasteiger partial charge in [-0.3, -0.25) is 9.59 Å². The summed E-state index contributed by atoms with van der Waals surface area (Å²) in [7, 11) is 0. The first-order valence-corrected chi connectivity index (χ1v) is 6.31. The smallest absolute Gasteiger partial charge is 0.288 e. The Balaban J connectivity index is 1.94. The standard InChI is InChI=1S/C14H15NO5/c1-9(16)7-8-10(2)19-20-15-13(17)11-5-3-4-6-12(11)14(15)18/h3-6,10H,7-8H2,1-2H3. The second kappa shape index (κ2) is 5.94. The Morgan fingerprint density at radius 1 is 1.20 bits per heavy atom. The highest BCUT2D eigenvalue weighted by Crippen LogP contribution is 2.23. The second-order valence-corrected chi connectivity index (χ2v) is 4.67. The van der Waals surface area contributed by atoms with Crippen molar-refractivity contribution in [3.05, 3.63) is 35.4 Å². The summed E-state index contributed by atoms with van der Waals surface area (Å²) in [6, 6.07) is 6.45. The number of carbonyl (C=O) groups is 3. The van der Waals surface area contributed by atoms with E-state index in [9.17, 15) is 14.4 Å². The molecule has 0 radical (unpaired) electrons. The molecule has 6 heteroatoms. The Labute approximate surface area is 116 Å². The summed E-state index contributed by atoms with van der Waals surface area (Å²) in [6.07, 6.45) is 0.411. The maximum atomic E-state index is 11.9. The normalized spacial score (nSPS) is 15.4. The minimum atomic E-state index is -0.552. The molecule has 1 atom stereocenters. The van der Waals surface area contributed by atoms with Crippen LogP contribution in [0.15, 0.2) is 24.3 Å². The highest BCUT2D eigenvalue weighted by molar-refractivity contribution is 6.20. The monoisotopic (exact) mass is 277 g/mol. The summed E-state index contributed by atoms with van der Waals surface area (Å²) in [6.45, 7) is 3.18. The van der Waals surface area contributed by atoms with Gasteiger partial charge in [0.25, 0.3) is 11.8 Å². The van der Waals surface area contributed by atoms with Gasteiger partial charge in [-0.05, 0) is 32.4 Å². The minimum absolute atomic E-state index is 0.0428. The lowest BCUT2D eigenvalue weighted by Gasteiger charge is -2.15. The van der Waals surface area contributed by atoms with E-state index < -0.39 is 17.9 Å². The summed E-state index contributed by atoms with van der Waals surface area (Å²) in [5.74, 6) is -1.06. The van der Waals surface area contributed by atoms with Crippen molar-refractivity contribution in [2.24, 2.45) is 0 Å². The highest BCUT2D eigenvalue weighted by Gasteiger charge is 2.37. The number of fused-ring (bicyclic) bond motifs is 1. The fourth-order valence-electron chi connectivity index (χ4n) is 1.81. The lowest BCUT2D eigenvalue weighted by atomic mass is 10.1. The number of benzene rings is 1. The second-order valence-electron chi connectivity index (χ2n) is 4.67. The van der Waals surface area contributed by atoms with Crippen molar-refractivity contribution in [3.8, 4) is 0 Å². The topological polar surface area (TPSA) is 72.9 Å². The van der Waals surface area contributed by atoms with Gasteiger partial charge in [0, 0.05) is 6.42 Å². The summed E-state index contributed by atoms with van der Waals surface area (Å²) in [5, 5.41) is 0.592. The number of rotatable bonds is 6. The van der Waals surface area contributed by atoms with Crippen molar-refractivity contribution < 1.29 is 24.3 Å². The first kappa shape index (κ1) is 14.4. The van der Waals surface area contributed by atoms with Crippen molar-refractivity contribution in [1.82, 2.24) is 5.06 Å². The van der Waals surface area contributed by atoms with E-state index in [2.05, 4.69) is 0 Å². The van der Waals surface area contributed by atoms with Crippen LogP contribution in [0.5, 0.6) is 0 Å². The van der Waals surface area contributed by atoms with E-state index in [1.54, 1.807) is 31.2 Å². The van der Waals surface area contributed by atoms with Gasteiger partial charge >= 0.3 is 0 Å². The van der Waals surface area contributed by atoms with Crippen LogP contribution in [0.1, 0.15) is 47.4 Å². The van der Waals surface area contributed by atoms with E-state index in [-0.39, 0.29) is 16.9 Å². The van der Waals surface area contributed by atoms with Crippen LogP contribution in [-0.4, -0.2) is 28.8 Å². The fraction of sp³-hybridized carbons (Fsp3) is 0.357. The van der Waals surface area contributed by atoms with Crippen molar-refractivity contribution >= 4 is 17.6 Å². The lowest BCUT2D eigenvalue weighted by molar-refractivity contribution is -0.405. The van der Waals surface area contributed by atoms with E-state index >= 15 is 0 Å². The molecule has 0 aromatic heterocycles. The molecule has 1 aromatic rings. The molecule has 0 fully saturated rings. The predicted octanol–water partition coefficient (Wildman–Crippen LogP) is 1.90. The quantitative estimate of drug-likeness (QED) is 0.451. The van der Waals surface area contributed by atoms with Crippen LogP contribution >= 0.6 is 0 Å². The molecule has 0 aliphatic carbocycles. The van der Waals surface area contributed by atoms with Crippen LogP contribution < -0.4 is 0 Å². The Bertz CT molecular complexity index is 519. The Morgan fingerprint density at radius 3 is 2.25 bits per heavy atom. The molecule has 6 nitrogen and oxygen atoms in total. The molecule has 0 bridgehead atoms. The number of hydroxylamine groups is 2. The van der Waals surface area contributed by atoms with Gasteiger partial charge < -0.3 is 4.79 Å². The average molecular weight is 277 g/mol. The van der Waals surface area contributed by atoms with Crippen molar-refractivity contribution in [3.63, 3.8) is 0 Å². The fourth-order valence-corrected chi connectivity index (χ4v) is 1.81. The van der Waals surface area contributed by atoms with E-state index in [0.717, 1.165) is 0 Å². The number of imide groups is 1. The summed E-state index contributed by atoms with van der Waals surface area (Å²) in [5.41, 5.74) is 0.579. The van der Waals surface area contributed by atoms with E-state index in [1.807, 2.05) is 0 Å². The average Bonchev–Trinajstić information content (AvgIpc) is 2.67. The first-order valence-electron chi connectivity index (χ1n) is 6.31. The molecule has 2 rings (SSSR count). The zero-order chi connectivity index (χ0) is 14.7. The third-order valence-electron chi connectivity index (χ3n) is 2.94. The number of hydrogen-bond acceptors (Lipinski definition) is 5. The van der Waals surface area contributed by atoms with Gasteiger partial charge in [0.2, 0.25) is 0 Å². The predicted molar refractivity (Wildman–Crippen MR) is 68.5 cm³/mol. The largest absolute Gasteiger partial charge is 0.300 e. The van der Waals surface area contributed by atoms with Gasteiger partial charge in [-0.25, -0.2) is 4.89 Å². The van der Waals surface area contributed by atoms with Gasteiger partial charge in [-0.2, -0.15) is 0 Å². The molecule has 0 N–H and O–H groups in total. The van der Waals surface area contributed by atoms with Crippen LogP contribution in [0.25, 0.3) is 0 Å². The molecule has 0 saturated carbocycles. The van der Waals surface area contributed by atoms with Crippen LogP contribution in [-0.2, 0) is 14.7 Å². The van der Waals surface area contributed by atoms with Gasteiger partial charge in [0.1, 0.15) is 5.78 Å². The molecule has 0 saturated heterocycles. The zero-order valence-electron chi connectivity index (χ0n) is 11.3. The maximum absolute atomic E-state index is 11.9. The third-order valence-corrected chi connectivity index (χ3v) is 2.94. The number of hydrogen-bond donors (Lipinski definition) is 0. The van der Waals surface area contributed by atoms with Crippen LogP contribution in [0, 0.1) is 0 Å². The van der Waals surface area contributed by atoms with E-state index in [1.165, 1.54) is 6.92 Å². The van der Waals surface area contributed by atoms with Crippen LogP contribution in [0.4, 0.5) is 0 Å². The summed E-state index contributed by atoms with van der Waals surface area (Å²) < 4.78 is 0. The zero-order valence-corrected chi connectivity index (χ0v) is 11.3. The number of carbonyl (C=O) groups excluding carboxylic acids is 3. The van der Waals surface area contributed by atoms with Crippen molar-refractivity contribution in [1.29, 1.82) is 0 Å². The molecule has 1 aliphatic heterocycles. The minimum Gasteiger partial charge on any atom is -0.300 e. The molecule has 1 heterocycles. The molecule has 20 heavy (non-hydrogen) atoms. The SMILES string of the molecule is CC(=O)CCC(C)OON1C(=O)c2ccccc2C1=O.